The second kappa shape index (κ2) is 7.50. The van der Waals surface area contributed by atoms with Gasteiger partial charge in [0, 0.05) is 5.03 Å². The van der Waals surface area contributed by atoms with Crippen LogP contribution in [0.4, 0.5) is 0 Å². The Morgan fingerprint density at radius 3 is 2.35 bits per heavy atom. The summed E-state index contributed by atoms with van der Waals surface area (Å²) in [6.07, 6.45) is 1.92. The lowest BCUT2D eigenvalue weighted by Gasteiger charge is -2.27. The highest BCUT2D eigenvalue weighted by molar-refractivity contribution is 6.37. The van der Waals surface area contributed by atoms with Crippen molar-refractivity contribution < 1.29 is 9.53 Å². The van der Waals surface area contributed by atoms with E-state index in [1.807, 2.05) is 13.8 Å². The summed E-state index contributed by atoms with van der Waals surface area (Å²) in [5.74, 6) is -0.258. The molecule has 0 bridgehead atoms. The predicted octanol–water partition coefficient (Wildman–Crippen LogP) is 4.32. The molecule has 0 N–H and O–H groups in total. The van der Waals surface area contributed by atoms with Crippen LogP contribution in [-0.4, -0.2) is 23.3 Å². The maximum atomic E-state index is 11.4. The minimum Gasteiger partial charge on any atom is -0.466 e. The van der Waals surface area contributed by atoms with Crippen LogP contribution in [0, 0.1) is 5.41 Å². The first-order valence-corrected chi connectivity index (χ1v) is 6.76. The first-order chi connectivity index (χ1) is 7.70. The van der Waals surface area contributed by atoms with Crippen molar-refractivity contribution in [3.63, 3.8) is 0 Å². The third kappa shape index (κ3) is 6.54. The Kier molecular flexibility index (Phi) is 7.54. The molecule has 100 valence electrons. The molecule has 0 rings (SSSR count). The van der Waals surface area contributed by atoms with Gasteiger partial charge in [-0.1, -0.05) is 31.5 Å². The van der Waals surface area contributed by atoms with Crippen molar-refractivity contribution in [1.29, 1.82) is 0 Å². The Balaban J connectivity index is 4.59. The molecule has 0 aliphatic carbocycles. The highest BCUT2D eigenvalue weighted by Gasteiger charge is 2.30. The summed E-state index contributed by atoms with van der Waals surface area (Å²) in [5.41, 5.74) is -0.431. The van der Waals surface area contributed by atoms with Crippen molar-refractivity contribution in [3.05, 3.63) is 11.1 Å². The monoisotopic (exact) mass is 300 g/mol. The summed E-state index contributed by atoms with van der Waals surface area (Å²) in [6.45, 7) is 7.69. The van der Waals surface area contributed by atoms with Gasteiger partial charge >= 0.3 is 5.97 Å². The van der Waals surface area contributed by atoms with Gasteiger partial charge in [-0.3, -0.25) is 4.79 Å². The van der Waals surface area contributed by atoms with Gasteiger partial charge in [-0.2, -0.15) is 0 Å². The maximum absolute atomic E-state index is 11.4. The third-order valence-electron chi connectivity index (χ3n) is 2.34. The summed E-state index contributed by atoms with van der Waals surface area (Å²) in [5, 5.41) is -0.166. The number of allylic oxidation sites excluding steroid dienone is 2. The van der Waals surface area contributed by atoms with E-state index in [9.17, 15) is 4.79 Å². The molecule has 2 nitrogen and oxygen atoms in total. The van der Waals surface area contributed by atoms with Crippen LogP contribution in [0.25, 0.3) is 0 Å². The second-order valence-electron chi connectivity index (χ2n) is 4.54. The second-order valence-corrected chi connectivity index (χ2v) is 6.10. The lowest BCUT2D eigenvalue weighted by molar-refractivity contribution is -0.145. The minimum absolute atomic E-state index is 0.242. The standard InChI is InChI=1S/C12H19Cl3O2/c1-5-17-11(16)7-12(3,4)10(15)6-9(14)8(2)13/h6,8,10H,5,7H2,1-4H3/b9-6-. The average molecular weight is 302 g/mol. The number of alkyl halides is 2. The Hall–Kier alpha value is 0.0800. The molecule has 5 heteroatoms. The summed E-state index contributed by atoms with van der Waals surface area (Å²) >= 11 is 18.0. The van der Waals surface area contributed by atoms with E-state index in [-0.39, 0.29) is 23.1 Å². The zero-order chi connectivity index (χ0) is 13.6. The zero-order valence-electron chi connectivity index (χ0n) is 10.6. The van der Waals surface area contributed by atoms with Gasteiger partial charge in [0.05, 0.1) is 23.8 Å². The van der Waals surface area contributed by atoms with Gasteiger partial charge < -0.3 is 4.74 Å². The molecule has 0 amide bonds. The van der Waals surface area contributed by atoms with Gasteiger partial charge in [-0.15, -0.1) is 23.2 Å². The molecule has 0 aromatic heterocycles. The van der Waals surface area contributed by atoms with Gasteiger partial charge in [-0.25, -0.2) is 0 Å². The van der Waals surface area contributed by atoms with E-state index < -0.39 is 5.41 Å². The van der Waals surface area contributed by atoms with Crippen molar-refractivity contribution >= 4 is 40.8 Å². The maximum Gasteiger partial charge on any atom is 0.306 e. The lowest BCUT2D eigenvalue weighted by Crippen LogP contribution is -2.27. The SMILES string of the molecule is CCOC(=O)CC(C)(C)C(Cl)/C=C(\Cl)C(C)Cl. The Labute approximate surface area is 118 Å². The Morgan fingerprint density at radius 1 is 1.41 bits per heavy atom. The topological polar surface area (TPSA) is 26.3 Å². The van der Waals surface area contributed by atoms with Gasteiger partial charge in [0.2, 0.25) is 0 Å². The van der Waals surface area contributed by atoms with E-state index >= 15 is 0 Å². The third-order valence-corrected chi connectivity index (χ3v) is 3.85. The van der Waals surface area contributed by atoms with Crippen molar-refractivity contribution in [2.75, 3.05) is 6.61 Å². The van der Waals surface area contributed by atoms with Crippen molar-refractivity contribution in [1.82, 2.24) is 0 Å². The molecule has 0 aromatic rings. The van der Waals surface area contributed by atoms with Crippen LogP contribution in [0.3, 0.4) is 0 Å². The van der Waals surface area contributed by atoms with Crippen LogP contribution in [0.5, 0.6) is 0 Å². The fraction of sp³-hybridized carbons (Fsp3) is 0.750. The molecule has 0 aromatic carbocycles. The molecule has 0 fully saturated rings. The largest absolute Gasteiger partial charge is 0.466 e. The highest BCUT2D eigenvalue weighted by atomic mass is 35.5. The van der Waals surface area contributed by atoms with E-state index in [1.54, 1.807) is 19.9 Å². The van der Waals surface area contributed by atoms with Crippen molar-refractivity contribution in [3.8, 4) is 0 Å². The molecule has 17 heavy (non-hydrogen) atoms. The molecule has 0 saturated carbocycles. The van der Waals surface area contributed by atoms with Crippen LogP contribution in [-0.2, 0) is 9.53 Å². The van der Waals surface area contributed by atoms with Crippen LogP contribution < -0.4 is 0 Å². The Bertz CT molecular complexity index is 285. The van der Waals surface area contributed by atoms with Crippen LogP contribution in [0.1, 0.15) is 34.1 Å². The number of hydrogen-bond donors (Lipinski definition) is 0. The Morgan fingerprint density at radius 2 is 1.94 bits per heavy atom. The number of esters is 1. The first kappa shape index (κ1) is 17.1. The molecular formula is C12H19Cl3O2. The van der Waals surface area contributed by atoms with Gasteiger partial charge in [0.1, 0.15) is 0 Å². The number of carbonyl (C=O) groups excluding carboxylic acids is 1. The zero-order valence-corrected chi connectivity index (χ0v) is 12.9. The normalized spacial score (nSPS) is 16.5. The molecule has 2 unspecified atom stereocenters. The quantitative estimate of drug-likeness (QED) is 0.539. The summed E-state index contributed by atoms with van der Waals surface area (Å²) in [6, 6.07) is 0. The highest BCUT2D eigenvalue weighted by Crippen LogP contribution is 2.33. The smallest absolute Gasteiger partial charge is 0.306 e. The first-order valence-electron chi connectivity index (χ1n) is 5.51. The molecule has 0 aliphatic rings. The van der Waals surface area contributed by atoms with Crippen molar-refractivity contribution in [2.45, 2.75) is 44.9 Å². The average Bonchev–Trinajstić information content (AvgIpc) is 2.16. The van der Waals surface area contributed by atoms with Crippen LogP contribution >= 0.6 is 34.8 Å². The number of ether oxygens (including phenoxy) is 1. The van der Waals surface area contributed by atoms with Gasteiger partial charge in [0.15, 0.2) is 0 Å². The fourth-order valence-electron chi connectivity index (χ4n) is 1.18. The van der Waals surface area contributed by atoms with E-state index in [0.717, 1.165) is 0 Å². The van der Waals surface area contributed by atoms with Gasteiger partial charge in [0.25, 0.3) is 0 Å². The molecule has 2 atom stereocenters. The van der Waals surface area contributed by atoms with Crippen LogP contribution in [0.15, 0.2) is 11.1 Å². The fourth-order valence-corrected chi connectivity index (χ4v) is 1.66. The predicted molar refractivity (Wildman–Crippen MR) is 73.9 cm³/mol. The van der Waals surface area contributed by atoms with E-state index in [2.05, 4.69) is 0 Å². The number of hydrogen-bond acceptors (Lipinski definition) is 2. The molecule has 0 spiro atoms. The lowest BCUT2D eigenvalue weighted by atomic mass is 9.85. The van der Waals surface area contributed by atoms with E-state index in [1.165, 1.54) is 0 Å². The van der Waals surface area contributed by atoms with E-state index in [4.69, 9.17) is 39.5 Å². The van der Waals surface area contributed by atoms with Crippen LogP contribution in [0.2, 0.25) is 0 Å². The number of rotatable bonds is 6. The van der Waals surface area contributed by atoms with Gasteiger partial charge in [-0.05, 0) is 19.3 Å². The number of carbonyl (C=O) groups is 1. The number of halogens is 3. The van der Waals surface area contributed by atoms with Crippen molar-refractivity contribution in [2.24, 2.45) is 5.41 Å². The molecule has 0 radical (unpaired) electrons. The summed E-state index contributed by atoms with van der Waals surface area (Å²) in [4.78, 5) is 11.4. The molecule has 0 heterocycles. The molecule has 0 aliphatic heterocycles. The molecule has 0 saturated heterocycles. The summed E-state index contributed by atoms with van der Waals surface area (Å²) in [7, 11) is 0. The summed E-state index contributed by atoms with van der Waals surface area (Å²) < 4.78 is 4.90. The van der Waals surface area contributed by atoms with E-state index in [0.29, 0.717) is 11.6 Å². The molecular weight excluding hydrogens is 282 g/mol. The minimum atomic E-state index is -0.431.